The van der Waals surface area contributed by atoms with Crippen LogP contribution in [0.4, 0.5) is 0 Å². The van der Waals surface area contributed by atoms with Crippen molar-refractivity contribution in [3.63, 3.8) is 0 Å². The molecule has 2 heterocycles. The normalized spacial score (nSPS) is 11.2. The molecule has 0 saturated heterocycles. The minimum Gasteiger partial charge on any atom is -0.497 e. The zero-order chi connectivity index (χ0) is 15.8. The van der Waals surface area contributed by atoms with Gasteiger partial charge >= 0.3 is 0 Å². The molecule has 0 aliphatic rings. The molecule has 2 N–H and O–H groups in total. The van der Waals surface area contributed by atoms with Crippen LogP contribution in [0.15, 0.2) is 54.7 Å². The highest BCUT2D eigenvalue weighted by atomic mass is 16.5. The van der Waals surface area contributed by atoms with E-state index in [-0.39, 0.29) is 6.61 Å². The van der Waals surface area contributed by atoms with E-state index in [1.54, 1.807) is 13.3 Å². The Morgan fingerprint density at radius 1 is 1.04 bits per heavy atom. The molecular weight excluding hydrogens is 288 g/mol. The van der Waals surface area contributed by atoms with Gasteiger partial charge < -0.3 is 14.8 Å². The molecule has 23 heavy (non-hydrogen) atoms. The van der Waals surface area contributed by atoms with Crippen LogP contribution >= 0.6 is 0 Å². The predicted molar refractivity (Wildman–Crippen MR) is 91.5 cm³/mol. The lowest BCUT2D eigenvalue weighted by Gasteiger charge is -2.11. The van der Waals surface area contributed by atoms with Gasteiger partial charge in [0.25, 0.3) is 0 Å². The summed E-state index contributed by atoms with van der Waals surface area (Å²) >= 11 is 0. The fourth-order valence-corrected chi connectivity index (χ4v) is 2.96. The Morgan fingerprint density at radius 2 is 1.87 bits per heavy atom. The van der Waals surface area contributed by atoms with Crippen molar-refractivity contribution < 1.29 is 9.84 Å². The summed E-state index contributed by atoms with van der Waals surface area (Å²) in [7, 11) is 1.65. The van der Waals surface area contributed by atoms with E-state index in [0.717, 1.165) is 44.4 Å². The molecular formula is C19H16N2O2. The number of nitrogens with zero attached hydrogens (tertiary/aromatic N) is 1. The summed E-state index contributed by atoms with van der Waals surface area (Å²) in [6, 6.07) is 15.8. The second-order valence-corrected chi connectivity index (χ2v) is 5.46. The summed E-state index contributed by atoms with van der Waals surface area (Å²) in [5, 5.41) is 11.8. The van der Waals surface area contributed by atoms with E-state index in [1.807, 2.05) is 48.5 Å². The molecule has 0 radical (unpaired) electrons. The lowest BCUT2D eigenvalue weighted by atomic mass is 10.0. The number of fused-ring (bicyclic) bond motifs is 3. The van der Waals surface area contributed by atoms with Crippen LogP contribution in [0.5, 0.6) is 5.75 Å². The highest BCUT2D eigenvalue weighted by Crippen LogP contribution is 2.30. The van der Waals surface area contributed by atoms with Crippen LogP contribution < -0.4 is 4.74 Å². The van der Waals surface area contributed by atoms with Gasteiger partial charge in [-0.3, -0.25) is 4.98 Å². The molecule has 0 spiro atoms. The van der Waals surface area contributed by atoms with Gasteiger partial charge in [0.15, 0.2) is 0 Å². The molecule has 0 fully saturated rings. The number of aliphatic hydroxyl groups excluding tert-OH is 1. The van der Waals surface area contributed by atoms with Crippen LogP contribution in [-0.2, 0) is 6.61 Å². The van der Waals surface area contributed by atoms with Crippen molar-refractivity contribution in [3.8, 4) is 17.0 Å². The molecule has 2 aromatic carbocycles. The number of aromatic nitrogens is 2. The molecule has 4 aromatic rings. The number of rotatable bonds is 3. The van der Waals surface area contributed by atoms with Crippen molar-refractivity contribution in [2.45, 2.75) is 6.61 Å². The highest BCUT2D eigenvalue weighted by Gasteiger charge is 2.09. The van der Waals surface area contributed by atoms with Crippen LogP contribution in [-0.4, -0.2) is 22.2 Å². The predicted octanol–water partition coefficient (Wildman–Crippen LogP) is 3.88. The molecule has 0 amide bonds. The summed E-state index contributed by atoms with van der Waals surface area (Å²) < 4.78 is 5.21. The monoisotopic (exact) mass is 304 g/mol. The second kappa shape index (κ2) is 5.41. The third-order valence-electron chi connectivity index (χ3n) is 4.17. The van der Waals surface area contributed by atoms with E-state index in [2.05, 4.69) is 9.97 Å². The molecule has 0 atom stereocenters. The van der Waals surface area contributed by atoms with Gasteiger partial charge in [-0.2, -0.15) is 0 Å². The molecule has 4 rings (SSSR count). The Kier molecular flexibility index (Phi) is 3.24. The zero-order valence-electron chi connectivity index (χ0n) is 12.7. The molecule has 0 saturated carbocycles. The maximum absolute atomic E-state index is 9.76. The quantitative estimate of drug-likeness (QED) is 0.604. The van der Waals surface area contributed by atoms with Crippen LogP contribution in [0.25, 0.3) is 33.1 Å². The van der Waals surface area contributed by atoms with E-state index >= 15 is 0 Å². The maximum Gasteiger partial charge on any atom is 0.118 e. The number of nitrogens with one attached hydrogen (secondary N) is 1. The summed E-state index contributed by atoms with van der Waals surface area (Å²) in [4.78, 5) is 7.84. The molecule has 0 aliphatic carbocycles. The van der Waals surface area contributed by atoms with Crippen molar-refractivity contribution in [3.05, 3.63) is 60.3 Å². The summed E-state index contributed by atoms with van der Waals surface area (Å²) in [5.41, 5.74) is 4.84. The number of aromatic amines is 1. The number of methoxy groups -OCH3 is 1. The number of hydrogen-bond donors (Lipinski definition) is 2. The maximum atomic E-state index is 9.76. The first-order chi connectivity index (χ1) is 11.3. The van der Waals surface area contributed by atoms with Crippen LogP contribution in [0.3, 0.4) is 0 Å². The van der Waals surface area contributed by atoms with Crippen molar-refractivity contribution >= 4 is 21.8 Å². The van der Waals surface area contributed by atoms with Crippen molar-refractivity contribution in [1.29, 1.82) is 0 Å². The van der Waals surface area contributed by atoms with E-state index in [9.17, 15) is 5.11 Å². The molecule has 0 aliphatic heterocycles. The molecule has 2 aromatic heterocycles. The first-order valence-corrected chi connectivity index (χ1v) is 7.45. The Labute approximate surface area is 133 Å². The van der Waals surface area contributed by atoms with E-state index in [1.165, 1.54) is 0 Å². The average molecular weight is 304 g/mol. The summed E-state index contributed by atoms with van der Waals surface area (Å²) in [5.74, 6) is 0.819. The van der Waals surface area contributed by atoms with Crippen LogP contribution in [0.2, 0.25) is 0 Å². The Morgan fingerprint density at radius 3 is 2.61 bits per heavy atom. The number of aliphatic hydroxyl groups is 1. The van der Waals surface area contributed by atoms with Crippen LogP contribution in [0.1, 0.15) is 5.56 Å². The number of H-pyrrole nitrogens is 1. The van der Waals surface area contributed by atoms with Gasteiger partial charge in [0.2, 0.25) is 0 Å². The minimum atomic E-state index is -0.00597. The Balaban J connectivity index is 1.99. The lowest BCUT2D eigenvalue weighted by molar-refractivity contribution is 0.283. The molecule has 0 unspecified atom stereocenters. The molecule has 114 valence electrons. The van der Waals surface area contributed by atoms with E-state index < -0.39 is 0 Å². The lowest BCUT2D eigenvalue weighted by Crippen LogP contribution is -1.93. The minimum absolute atomic E-state index is 0.00597. The number of hydrogen-bond acceptors (Lipinski definition) is 3. The molecule has 4 nitrogen and oxygen atoms in total. The van der Waals surface area contributed by atoms with Crippen molar-refractivity contribution in [2.75, 3.05) is 7.11 Å². The average Bonchev–Trinajstić information content (AvgIpc) is 3.10. The smallest absolute Gasteiger partial charge is 0.118 e. The third kappa shape index (κ3) is 2.24. The van der Waals surface area contributed by atoms with Gasteiger partial charge in [0.1, 0.15) is 5.75 Å². The topological polar surface area (TPSA) is 58.1 Å². The zero-order valence-corrected chi connectivity index (χ0v) is 12.7. The van der Waals surface area contributed by atoms with Gasteiger partial charge in [-0.1, -0.05) is 6.07 Å². The second-order valence-electron chi connectivity index (χ2n) is 5.46. The number of pyridine rings is 1. The first-order valence-electron chi connectivity index (χ1n) is 7.45. The third-order valence-corrected chi connectivity index (χ3v) is 4.17. The van der Waals surface area contributed by atoms with Gasteiger partial charge in [-0.05, 0) is 53.6 Å². The van der Waals surface area contributed by atoms with Crippen molar-refractivity contribution in [1.82, 2.24) is 9.97 Å². The Hall–Kier alpha value is -2.85. The Bertz CT molecular complexity index is 988. The SMILES string of the molecule is COc1ccc(-c2cc(CO)c3ccc4nccc4c3[nH]2)cc1. The highest BCUT2D eigenvalue weighted by molar-refractivity contribution is 6.05. The van der Waals surface area contributed by atoms with Crippen LogP contribution in [0, 0.1) is 0 Å². The van der Waals surface area contributed by atoms with Crippen molar-refractivity contribution in [2.24, 2.45) is 0 Å². The van der Waals surface area contributed by atoms with Gasteiger partial charge in [-0.15, -0.1) is 0 Å². The summed E-state index contributed by atoms with van der Waals surface area (Å²) in [6.07, 6.45) is 1.80. The van der Waals surface area contributed by atoms with Gasteiger partial charge in [0.05, 0.1) is 24.8 Å². The largest absolute Gasteiger partial charge is 0.497 e. The first kappa shape index (κ1) is 13.8. The number of benzene rings is 2. The number of ether oxygens (including phenoxy) is 1. The molecule has 4 heteroatoms. The molecule has 0 bridgehead atoms. The standard InChI is InChI=1S/C19H16N2O2/c1-23-14-4-2-12(3-5-14)18-10-13(11-22)15-6-7-17-16(8-9-20-17)19(15)21-18/h2-10,21-22H,11H2,1H3. The van der Waals surface area contributed by atoms with E-state index in [0.29, 0.717) is 0 Å². The fourth-order valence-electron chi connectivity index (χ4n) is 2.96. The van der Waals surface area contributed by atoms with Gasteiger partial charge in [0, 0.05) is 22.7 Å². The fraction of sp³-hybridized carbons (Fsp3) is 0.105. The van der Waals surface area contributed by atoms with E-state index in [4.69, 9.17) is 4.74 Å². The van der Waals surface area contributed by atoms with Gasteiger partial charge in [-0.25, -0.2) is 0 Å². The summed E-state index contributed by atoms with van der Waals surface area (Å²) in [6.45, 7) is -0.00597.